The summed E-state index contributed by atoms with van der Waals surface area (Å²) in [6.07, 6.45) is 1.50. The predicted octanol–water partition coefficient (Wildman–Crippen LogP) is 1.37. The van der Waals surface area contributed by atoms with Gasteiger partial charge in [-0.25, -0.2) is 9.18 Å². The summed E-state index contributed by atoms with van der Waals surface area (Å²) >= 11 is 0. The van der Waals surface area contributed by atoms with Gasteiger partial charge < -0.3 is 9.84 Å². The molecule has 1 rings (SSSR count). The zero-order chi connectivity index (χ0) is 8.97. The molecule has 1 N–H and O–H groups in total. The number of halogens is 1. The molecule has 12 heavy (non-hydrogen) atoms. The van der Waals surface area contributed by atoms with Crippen LogP contribution in [0, 0.1) is 0 Å². The van der Waals surface area contributed by atoms with Gasteiger partial charge in [-0.2, -0.15) is 0 Å². The average molecular weight is 176 g/mol. The maximum atomic E-state index is 13.0. The van der Waals surface area contributed by atoms with Crippen LogP contribution in [-0.4, -0.2) is 30.0 Å². The summed E-state index contributed by atoms with van der Waals surface area (Å²) in [6, 6.07) is 0. The first-order chi connectivity index (χ1) is 5.70. The number of ether oxygens (including phenoxy) is 1. The van der Waals surface area contributed by atoms with E-state index in [9.17, 15) is 9.18 Å². The first-order valence-electron chi connectivity index (χ1n) is 4.17. The summed E-state index contributed by atoms with van der Waals surface area (Å²) in [6.45, 7) is -0.384. The Labute approximate surface area is 70.5 Å². The zero-order valence-corrected chi connectivity index (χ0v) is 6.83. The van der Waals surface area contributed by atoms with E-state index in [0.29, 0.717) is 12.8 Å². The fraction of sp³-hybridized carbons (Fsp3) is 0.875. The van der Waals surface area contributed by atoms with Crippen LogP contribution in [0.25, 0.3) is 0 Å². The molecule has 0 aliphatic heterocycles. The number of alkyl halides is 1. The Morgan fingerprint density at radius 2 is 2.17 bits per heavy atom. The Bertz CT molecular complexity index is 160. The second-order valence-corrected chi connectivity index (χ2v) is 3.04. The van der Waals surface area contributed by atoms with Crippen LogP contribution in [0.15, 0.2) is 0 Å². The average Bonchev–Trinajstić information content (AvgIpc) is 2.03. The molecule has 0 aromatic carbocycles. The molecule has 0 bridgehead atoms. The Kier molecular flexibility index (Phi) is 3.47. The molecule has 0 aromatic rings. The van der Waals surface area contributed by atoms with Gasteiger partial charge in [-0.1, -0.05) is 12.8 Å². The summed E-state index contributed by atoms with van der Waals surface area (Å²) in [5, 5.41) is 8.28. The summed E-state index contributed by atoms with van der Waals surface area (Å²) in [4.78, 5) is 10.1. The SMILES string of the molecule is O=C(O)COC1CCCCC1F. The lowest BCUT2D eigenvalue weighted by Crippen LogP contribution is -2.30. The summed E-state index contributed by atoms with van der Waals surface area (Å²) in [5.41, 5.74) is 0. The highest BCUT2D eigenvalue weighted by Gasteiger charge is 2.25. The van der Waals surface area contributed by atoms with E-state index in [0.717, 1.165) is 12.8 Å². The van der Waals surface area contributed by atoms with Crippen LogP contribution < -0.4 is 0 Å². The van der Waals surface area contributed by atoms with Crippen LogP contribution in [0.2, 0.25) is 0 Å². The van der Waals surface area contributed by atoms with Gasteiger partial charge in [0.25, 0.3) is 0 Å². The number of hydrogen-bond donors (Lipinski definition) is 1. The molecule has 0 heterocycles. The molecular weight excluding hydrogens is 163 g/mol. The highest BCUT2D eigenvalue weighted by atomic mass is 19.1. The van der Waals surface area contributed by atoms with Gasteiger partial charge in [0.1, 0.15) is 12.8 Å². The lowest BCUT2D eigenvalue weighted by atomic mass is 9.96. The van der Waals surface area contributed by atoms with Crippen molar-refractivity contribution < 1.29 is 19.0 Å². The van der Waals surface area contributed by atoms with Crippen LogP contribution in [-0.2, 0) is 9.53 Å². The lowest BCUT2D eigenvalue weighted by molar-refractivity contribution is -0.146. The van der Waals surface area contributed by atoms with Gasteiger partial charge >= 0.3 is 5.97 Å². The monoisotopic (exact) mass is 176 g/mol. The largest absolute Gasteiger partial charge is 0.480 e. The van der Waals surface area contributed by atoms with Crippen LogP contribution in [0.4, 0.5) is 4.39 Å². The minimum Gasteiger partial charge on any atom is -0.480 e. The van der Waals surface area contributed by atoms with E-state index in [-0.39, 0.29) is 6.61 Å². The molecule has 4 heteroatoms. The van der Waals surface area contributed by atoms with Crippen molar-refractivity contribution in [3.05, 3.63) is 0 Å². The van der Waals surface area contributed by atoms with Gasteiger partial charge in [0.15, 0.2) is 0 Å². The molecular formula is C8H13FO3. The van der Waals surface area contributed by atoms with E-state index in [4.69, 9.17) is 9.84 Å². The van der Waals surface area contributed by atoms with Crippen LogP contribution in [0.5, 0.6) is 0 Å². The summed E-state index contributed by atoms with van der Waals surface area (Å²) in [7, 11) is 0. The van der Waals surface area contributed by atoms with Crippen LogP contribution in [0.3, 0.4) is 0 Å². The minimum absolute atomic E-state index is 0.384. The van der Waals surface area contributed by atoms with Crippen molar-refractivity contribution in [2.75, 3.05) is 6.61 Å². The first-order valence-corrected chi connectivity index (χ1v) is 4.17. The van der Waals surface area contributed by atoms with Crippen molar-refractivity contribution in [1.82, 2.24) is 0 Å². The fourth-order valence-electron chi connectivity index (χ4n) is 1.42. The van der Waals surface area contributed by atoms with Crippen LogP contribution >= 0.6 is 0 Å². The number of carboxylic acid groups (broad SMARTS) is 1. The lowest BCUT2D eigenvalue weighted by Gasteiger charge is -2.25. The molecule has 0 radical (unpaired) electrons. The zero-order valence-electron chi connectivity index (χ0n) is 6.83. The van der Waals surface area contributed by atoms with Gasteiger partial charge in [-0.05, 0) is 12.8 Å². The standard InChI is InChI=1S/C8H13FO3/c9-6-3-1-2-4-7(6)12-5-8(10)11/h6-7H,1-5H2,(H,10,11). The van der Waals surface area contributed by atoms with Gasteiger partial charge in [0.2, 0.25) is 0 Å². The van der Waals surface area contributed by atoms with Crippen molar-refractivity contribution in [3.8, 4) is 0 Å². The fourth-order valence-corrected chi connectivity index (χ4v) is 1.42. The number of rotatable bonds is 3. The topological polar surface area (TPSA) is 46.5 Å². The molecule has 1 saturated carbocycles. The third-order valence-electron chi connectivity index (χ3n) is 2.04. The smallest absolute Gasteiger partial charge is 0.329 e. The van der Waals surface area contributed by atoms with Gasteiger partial charge in [0, 0.05) is 0 Å². The first kappa shape index (κ1) is 9.45. The molecule has 0 amide bonds. The minimum atomic E-state index is -1.03. The van der Waals surface area contributed by atoms with E-state index < -0.39 is 18.2 Å². The van der Waals surface area contributed by atoms with Crippen molar-refractivity contribution in [3.63, 3.8) is 0 Å². The highest BCUT2D eigenvalue weighted by molar-refractivity contribution is 5.68. The molecule has 1 fully saturated rings. The molecule has 0 saturated heterocycles. The number of hydrogen-bond acceptors (Lipinski definition) is 2. The molecule has 1 aliphatic carbocycles. The maximum Gasteiger partial charge on any atom is 0.329 e. The molecule has 70 valence electrons. The Balaban J connectivity index is 2.24. The van der Waals surface area contributed by atoms with E-state index in [1.807, 2.05) is 0 Å². The normalized spacial score (nSPS) is 30.1. The van der Waals surface area contributed by atoms with E-state index in [2.05, 4.69) is 0 Å². The third kappa shape index (κ3) is 2.77. The Hall–Kier alpha value is -0.640. The number of carbonyl (C=O) groups is 1. The van der Waals surface area contributed by atoms with Crippen molar-refractivity contribution in [2.45, 2.75) is 38.0 Å². The van der Waals surface area contributed by atoms with E-state index in [1.165, 1.54) is 0 Å². The molecule has 1 aliphatic rings. The molecule has 3 nitrogen and oxygen atoms in total. The summed E-state index contributed by atoms with van der Waals surface area (Å²) in [5.74, 6) is -1.03. The number of aliphatic carboxylic acids is 1. The maximum absolute atomic E-state index is 13.0. The quantitative estimate of drug-likeness (QED) is 0.706. The summed E-state index contributed by atoms with van der Waals surface area (Å²) < 4.78 is 17.9. The van der Waals surface area contributed by atoms with Gasteiger partial charge in [-0.3, -0.25) is 0 Å². The Morgan fingerprint density at radius 3 is 2.75 bits per heavy atom. The van der Waals surface area contributed by atoms with E-state index >= 15 is 0 Å². The molecule has 2 atom stereocenters. The van der Waals surface area contributed by atoms with Gasteiger partial charge in [-0.15, -0.1) is 0 Å². The number of carboxylic acids is 1. The van der Waals surface area contributed by atoms with Crippen LogP contribution in [0.1, 0.15) is 25.7 Å². The van der Waals surface area contributed by atoms with Crippen molar-refractivity contribution >= 4 is 5.97 Å². The second-order valence-electron chi connectivity index (χ2n) is 3.04. The third-order valence-corrected chi connectivity index (χ3v) is 2.04. The van der Waals surface area contributed by atoms with Gasteiger partial charge in [0.05, 0.1) is 6.10 Å². The predicted molar refractivity (Wildman–Crippen MR) is 40.7 cm³/mol. The van der Waals surface area contributed by atoms with E-state index in [1.54, 1.807) is 0 Å². The molecule has 0 aromatic heterocycles. The Morgan fingerprint density at radius 1 is 1.50 bits per heavy atom. The van der Waals surface area contributed by atoms with Crippen molar-refractivity contribution in [1.29, 1.82) is 0 Å². The second kappa shape index (κ2) is 4.40. The molecule has 0 spiro atoms. The highest BCUT2D eigenvalue weighted by Crippen LogP contribution is 2.23. The van der Waals surface area contributed by atoms with Crippen molar-refractivity contribution in [2.24, 2.45) is 0 Å². The molecule has 2 unspecified atom stereocenters.